The summed E-state index contributed by atoms with van der Waals surface area (Å²) < 4.78 is 32.6. The molecule has 20 heavy (non-hydrogen) atoms. The van der Waals surface area contributed by atoms with E-state index in [4.69, 9.17) is 4.74 Å². The summed E-state index contributed by atoms with van der Waals surface area (Å²) in [5.41, 5.74) is -0.555. The first-order chi connectivity index (χ1) is 9.56. The maximum atomic E-state index is 13.5. The van der Waals surface area contributed by atoms with Crippen molar-refractivity contribution in [3.8, 4) is 0 Å². The molecule has 6 heteroatoms. The summed E-state index contributed by atoms with van der Waals surface area (Å²) in [6, 6.07) is 2.12. The van der Waals surface area contributed by atoms with Gasteiger partial charge in [0.05, 0.1) is 0 Å². The van der Waals surface area contributed by atoms with Crippen LogP contribution in [0.1, 0.15) is 36.5 Å². The Kier molecular flexibility index (Phi) is 7.69. The Morgan fingerprint density at radius 2 is 1.85 bits per heavy atom. The predicted octanol–water partition coefficient (Wildman–Crippen LogP) is 3.66. The number of hydrogen-bond acceptors (Lipinski definition) is 2. The molecule has 1 aromatic rings. The van der Waals surface area contributed by atoms with Crippen LogP contribution in [0, 0.1) is 11.6 Å². The third-order valence-corrected chi connectivity index (χ3v) is 3.09. The lowest BCUT2D eigenvalue weighted by Gasteiger charge is -2.08. The summed E-state index contributed by atoms with van der Waals surface area (Å²) in [5.74, 6) is -2.51. The van der Waals surface area contributed by atoms with Gasteiger partial charge in [-0.2, -0.15) is 0 Å². The molecule has 0 aliphatic rings. The molecule has 0 atom stereocenters. The van der Waals surface area contributed by atoms with Crippen LogP contribution in [0.15, 0.2) is 16.6 Å². The fraction of sp³-hybridized carbons (Fsp3) is 0.500. The molecule has 0 spiro atoms. The highest BCUT2D eigenvalue weighted by atomic mass is 79.9. The molecule has 0 radical (unpaired) electrons. The van der Waals surface area contributed by atoms with Crippen LogP contribution in [-0.4, -0.2) is 25.7 Å². The molecule has 0 unspecified atom stereocenters. The van der Waals surface area contributed by atoms with Gasteiger partial charge in [0.2, 0.25) is 0 Å². The van der Waals surface area contributed by atoms with E-state index < -0.39 is 23.1 Å². The van der Waals surface area contributed by atoms with E-state index >= 15 is 0 Å². The zero-order valence-corrected chi connectivity index (χ0v) is 12.9. The van der Waals surface area contributed by atoms with Gasteiger partial charge in [-0.25, -0.2) is 8.78 Å². The number of hydrogen-bond donors (Lipinski definition) is 1. The fourth-order valence-electron chi connectivity index (χ4n) is 1.57. The smallest absolute Gasteiger partial charge is 0.257 e. The van der Waals surface area contributed by atoms with Crippen LogP contribution in [0.25, 0.3) is 0 Å². The molecular formula is C14H18BrF2NO2. The SMILES string of the molecule is CCCCOCCCNC(=O)c1c(F)cc(Br)cc1F. The van der Waals surface area contributed by atoms with E-state index in [0.29, 0.717) is 26.2 Å². The van der Waals surface area contributed by atoms with Crippen molar-refractivity contribution in [2.75, 3.05) is 19.8 Å². The van der Waals surface area contributed by atoms with Crippen LogP contribution in [0.2, 0.25) is 0 Å². The highest BCUT2D eigenvalue weighted by Crippen LogP contribution is 2.19. The van der Waals surface area contributed by atoms with E-state index in [2.05, 4.69) is 28.2 Å². The van der Waals surface area contributed by atoms with Gasteiger partial charge in [-0.3, -0.25) is 4.79 Å². The molecule has 0 bridgehead atoms. The second-order valence-electron chi connectivity index (χ2n) is 4.32. The number of ether oxygens (including phenoxy) is 1. The van der Waals surface area contributed by atoms with Crippen molar-refractivity contribution >= 4 is 21.8 Å². The third kappa shape index (κ3) is 5.54. The van der Waals surface area contributed by atoms with Gasteiger partial charge in [-0.1, -0.05) is 29.3 Å². The molecule has 0 aliphatic carbocycles. The van der Waals surface area contributed by atoms with Crippen LogP contribution in [0.5, 0.6) is 0 Å². The molecule has 0 fully saturated rings. The van der Waals surface area contributed by atoms with E-state index in [1.807, 2.05) is 0 Å². The topological polar surface area (TPSA) is 38.3 Å². The molecule has 1 N–H and O–H groups in total. The zero-order chi connectivity index (χ0) is 15.0. The molecule has 112 valence electrons. The number of nitrogens with one attached hydrogen (secondary N) is 1. The van der Waals surface area contributed by atoms with Crippen molar-refractivity contribution in [2.24, 2.45) is 0 Å². The van der Waals surface area contributed by atoms with Crippen molar-refractivity contribution < 1.29 is 18.3 Å². The molecule has 1 aromatic carbocycles. The van der Waals surface area contributed by atoms with Crippen LogP contribution in [-0.2, 0) is 4.74 Å². The molecular weight excluding hydrogens is 332 g/mol. The minimum Gasteiger partial charge on any atom is -0.381 e. The first-order valence-corrected chi connectivity index (χ1v) is 7.36. The van der Waals surface area contributed by atoms with Crippen molar-refractivity contribution in [3.05, 3.63) is 33.8 Å². The van der Waals surface area contributed by atoms with Crippen molar-refractivity contribution in [1.82, 2.24) is 5.32 Å². The third-order valence-electron chi connectivity index (χ3n) is 2.63. The summed E-state index contributed by atoms with van der Waals surface area (Å²) in [4.78, 5) is 11.7. The lowest BCUT2D eigenvalue weighted by Crippen LogP contribution is -2.27. The average Bonchev–Trinajstić information content (AvgIpc) is 2.36. The number of rotatable bonds is 8. The van der Waals surface area contributed by atoms with Gasteiger partial charge >= 0.3 is 0 Å². The Labute approximate surface area is 125 Å². The normalized spacial score (nSPS) is 10.6. The summed E-state index contributed by atoms with van der Waals surface area (Å²) in [5, 5.41) is 2.48. The second kappa shape index (κ2) is 9.02. The largest absolute Gasteiger partial charge is 0.381 e. The average molecular weight is 350 g/mol. The van der Waals surface area contributed by atoms with Gasteiger partial charge in [0.15, 0.2) is 0 Å². The van der Waals surface area contributed by atoms with Crippen LogP contribution < -0.4 is 5.32 Å². The molecule has 0 aliphatic heterocycles. The van der Waals surface area contributed by atoms with E-state index in [9.17, 15) is 13.6 Å². The minimum atomic E-state index is -0.881. The first kappa shape index (κ1) is 17.0. The van der Waals surface area contributed by atoms with Crippen LogP contribution >= 0.6 is 15.9 Å². The fourth-order valence-corrected chi connectivity index (χ4v) is 1.97. The number of unbranched alkanes of at least 4 members (excludes halogenated alkanes) is 1. The van der Waals surface area contributed by atoms with Gasteiger partial charge in [-0.15, -0.1) is 0 Å². The molecule has 1 rings (SSSR count). The van der Waals surface area contributed by atoms with E-state index in [1.165, 1.54) is 0 Å². The monoisotopic (exact) mass is 349 g/mol. The number of amides is 1. The Hall–Kier alpha value is -1.01. The molecule has 0 saturated carbocycles. The van der Waals surface area contributed by atoms with E-state index in [0.717, 1.165) is 25.0 Å². The van der Waals surface area contributed by atoms with Gasteiger partial charge in [0.1, 0.15) is 17.2 Å². The first-order valence-electron chi connectivity index (χ1n) is 6.56. The lowest BCUT2D eigenvalue weighted by atomic mass is 10.2. The molecule has 0 heterocycles. The van der Waals surface area contributed by atoms with Crippen molar-refractivity contribution in [2.45, 2.75) is 26.2 Å². The second-order valence-corrected chi connectivity index (χ2v) is 5.24. The van der Waals surface area contributed by atoms with E-state index in [1.54, 1.807) is 0 Å². The summed E-state index contributed by atoms with van der Waals surface area (Å²) in [6.07, 6.45) is 2.68. The maximum Gasteiger partial charge on any atom is 0.257 e. The highest BCUT2D eigenvalue weighted by molar-refractivity contribution is 9.10. The molecule has 0 saturated heterocycles. The summed E-state index contributed by atoms with van der Waals surface area (Å²) in [7, 11) is 0. The van der Waals surface area contributed by atoms with Gasteiger partial charge in [-0.05, 0) is 25.0 Å². The minimum absolute atomic E-state index is 0.258. The Morgan fingerprint density at radius 1 is 1.25 bits per heavy atom. The number of halogens is 3. The predicted molar refractivity (Wildman–Crippen MR) is 76.7 cm³/mol. The Morgan fingerprint density at radius 3 is 2.45 bits per heavy atom. The van der Waals surface area contributed by atoms with Gasteiger partial charge in [0.25, 0.3) is 5.91 Å². The zero-order valence-electron chi connectivity index (χ0n) is 11.3. The molecule has 1 amide bonds. The van der Waals surface area contributed by atoms with Crippen LogP contribution in [0.3, 0.4) is 0 Å². The van der Waals surface area contributed by atoms with E-state index in [-0.39, 0.29) is 4.47 Å². The summed E-state index contributed by atoms with van der Waals surface area (Å²) in [6.45, 7) is 3.61. The molecule has 3 nitrogen and oxygen atoms in total. The molecule has 0 aromatic heterocycles. The van der Waals surface area contributed by atoms with Crippen molar-refractivity contribution in [1.29, 1.82) is 0 Å². The van der Waals surface area contributed by atoms with Gasteiger partial charge < -0.3 is 10.1 Å². The van der Waals surface area contributed by atoms with Gasteiger partial charge in [0, 0.05) is 24.2 Å². The van der Waals surface area contributed by atoms with Crippen LogP contribution in [0.4, 0.5) is 8.78 Å². The summed E-state index contributed by atoms with van der Waals surface area (Å²) >= 11 is 2.96. The highest BCUT2D eigenvalue weighted by Gasteiger charge is 2.17. The standard InChI is InChI=1S/C14H18BrF2NO2/c1-2-3-6-20-7-4-5-18-14(19)13-11(16)8-10(15)9-12(13)17/h8-9H,2-7H2,1H3,(H,18,19). The number of carbonyl (C=O) groups is 1. The number of benzene rings is 1. The lowest BCUT2D eigenvalue weighted by molar-refractivity contribution is 0.0932. The van der Waals surface area contributed by atoms with Crippen molar-refractivity contribution in [3.63, 3.8) is 0 Å². The quantitative estimate of drug-likeness (QED) is 0.727. The Bertz CT molecular complexity index is 432. The Balaban J connectivity index is 2.37. The maximum absolute atomic E-state index is 13.5. The number of carbonyl (C=O) groups excluding carboxylic acids is 1.